The number of thiophene rings is 1. The maximum atomic E-state index is 12.1. The van der Waals surface area contributed by atoms with Crippen LogP contribution in [-0.2, 0) is 0 Å². The van der Waals surface area contributed by atoms with Gasteiger partial charge in [-0.2, -0.15) is 11.3 Å². The van der Waals surface area contributed by atoms with Crippen molar-refractivity contribution in [3.63, 3.8) is 0 Å². The zero-order valence-corrected chi connectivity index (χ0v) is 11.0. The Morgan fingerprint density at radius 3 is 2.88 bits per heavy atom. The number of halogens is 1. The Morgan fingerprint density at radius 2 is 2.19 bits per heavy atom. The maximum absolute atomic E-state index is 12.1. The van der Waals surface area contributed by atoms with Crippen LogP contribution in [0, 0.1) is 6.92 Å². The summed E-state index contributed by atoms with van der Waals surface area (Å²) in [4.78, 5) is 14.1. The summed E-state index contributed by atoms with van der Waals surface area (Å²) in [6.45, 7) is 5.64. The highest BCUT2D eigenvalue weighted by Gasteiger charge is 2.18. The molecule has 5 heteroatoms. The van der Waals surface area contributed by atoms with Crippen molar-refractivity contribution in [2.24, 2.45) is 0 Å². The highest BCUT2D eigenvalue weighted by atomic mass is 35.5. The van der Waals surface area contributed by atoms with Crippen molar-refractivity contribution >= 4 is 29.7 Å². The Kier molecular flexibility index (Phi) is 5.25. The van der Waals surface area contributed by atoms with E-state index in [-0.39, 0.29) is 18.3 Å². The van der Waals surface area contributed by atoms with Crippen molar-refractivity contribution in [2.45, 2.75) is 13.3 Å². The monoisotopic (exact) mass is 260 g/mol. The number of nitrogens with one attached hydrogen (secondary N) is 1. The van der Waals surface area contributed by atoms with Crippen LogP contribution in [0.4, 0.5) is 0 Å². The lowest BCUT2D eigenvalue weighted by molar-refractivity contribution is 0.0766. The van der Waals surface area contributed by atoms with Crippen LogP contribution < -0.4 is 5.32 Å². The minimum Gasteiger partial charge on any atom is -0.337 e. The number of carbonyl (C=O) groups excluding carboxylic acids is 1. The van der Waals surface area contributed by atoms with E-state index in [4.69, 9.17) is 0 Å². The Hall–Kier alpha value is -0.580. The lowest BCUT2D eigenvalue weighted by Gasteiger charge is -2.19. The number of nitrogens with zero attached hydrogens (tertiary/aromatic N) is 1. The van der Waals surface area contributed by atoms with Gasteiger partial charge in [-0.15, -0.1) is 12.4 Å². The molecule has 90 valence electrons. The van der Waals surface area contributed by atoms with Gasteiger partial charge in [0.1, 0.15) is 0 Å². The molecule has 0 bridgehead atoms. The third-order valence-corrected chi connectivity index (χ3v) is 3.57. The lowest BCUT2D eigenvalue weighted by Crippen LogP contribution is -2.34. The smallest absolute Gasteiger partial charge is 0.255 e. The molecule has 0 aromatic carbocycles. The molecule has 0 unspecified atom stereocenters. The van der Waals surface area contributed by atoms with Crippen LogP contribution in [0.2, 0.25) is 0 Å². The second kappa shape index (κ2) is 6.23. The van der Waals surface area contributed by atoms with E-state index in [1.807, 2.05) is 22.6 Å². The first-order chi connectivity index (χ1) is 7.29. The van der Waals surface area contributed by atoms with E-state index in [1.54, 1.807) is 11.3 Å². The summed E-state index contributed by atoms with van der Waals surface area (Å²) in [7, 11) is 0. The molecule has 1 amide bonds. The fourth-order valence-electron chi connectivity index (χ4n) is 1.80. The van der Waals surface area contributed by atoms with Crippen molar-refractivity contribution < 1.29 is 4.79 Å². The highest BCUT2D eigenvalue weighted by molar-refractivity contribution is 7.08. The van der Waals surface area contributed by atoms with Gasteiger partial charge in [-0.1, -0.05) is 0 Å². The number of hydrogen-bond donors (Lipinski definition) is 1. The fraction of sp³-hybridized carbons (Fsp3) is 0.545. The predicted octanol–water partition coefficient (Wildman–Crippen LogP) is 1.91. The molecular weight excluding hydrogens is 244 g/mol. The second-order valence-corrected chi connectivity index (χ2v) is 4.61. The summed E-state index contributed by atoms with van der Waals surface area (Å²) in [5.41, 5.74) is 1.98. The van der Waals surface area contributed by atoms with Crippen LogP contribution in [-0.4, -0.2) is 37.0 Å². The van der Waals surface area contributed by atoms with Gasteiger partial charge in [-0.25, -0.2) is 0 Å². The molecule has 16 heavy (non-hydrogen) atoms. The van der Waals surface area contributed by atoms with E-state index in [1.165, 1.54) is 0 Å². The maximum Gasteiger partial charge on any atom is 0.255 e. The van der Waals surface area contributed by atoms with Crippen LogP contribution in [0.3, 0.4) is 0 Å². The van der Waals surface area contributed by atoms with E-state index in [0.29, 0.717) is 0 Å². The average Bonchev–Trinajstić information content (AvgIpc) is 2.53. The Bertz CT molecular complexity index is 346. The summed E-state index contributed by atoms with van der Waals surface area (Å²) in [6, 6.07) is 0. The number of amides is 1. The summed E-state index contributed by atoms with van der Waals surface area (Å²) >= 11 is 1.60. The highest BCUT2D eigenvalue weighted by Crippen LogP contribution is 2.16. The second-order valence-electron chi connectivity index (χ2n) is 3.86. The zero-order chi connectivity index (χ0) is 10.7. The summed E-state index contributed by atoms with van der Waals surface area (Å²) in [6.07, 6.45) is 1.05. The summed E-state index contributed by atoms with van der Waals surface area (Å²) < 4.78 is 0. The van der Waals surface area contributed by atoms with Crippen LogP contribution in [0.15, 0.2) is 10.8 Å². The van der Waals surface area contributed by atoms with Crippen molar-refractivity contribution in [3.8, 4) is 0 Å². The van der Waals surface area contributed by atoms with Crippen molar-refractivity contribution in [3.05, 3.63) is 21.9 Å². The minimum atomic E-state index is 0. The molecule has 0 aliphatic carbocycles. The lowest BCUT2D eigenvalue weighted by atomic mass is 10.2. The molecule has 0 atom stereocenters. The minimum absolute atomic E-state index is 0. The number of aryl methyl sites for hydroxylation is 1. The summed E-state index contributed by atoms with van der Waals surface area (Å²) in [5.74, 6) is 0.192. The first kappa shape index (κ1) is 13.5. The van der Waals surface area contributed by atoms with E-state index in [9.17, 15) is 4.79 Å². The molecule has 1 aromatic heterocycles. The number of hydrogen-bond acceptors (Lipinski definition) is 3. The average molecular weight is 261 g/mol. The SMILES string of the molecule is Cc1cscc1C(=O)N1CCCNCC1.Cl. The van der Waals surface area contributed by atoms with Gasteiger partial charge >= 0.3 is 0 Å². The van der Waals surface area contributed by atoms with Gasteiger partial charge in [-0.05, 0) is 30.8 Å². The number of carbonyl (C=O) groups is 1. The van der Waals surface area contributed by atoms with E-state index in [0.717, 1.165) is 43.7 Å². The Morgan fingerprint density at radius 1 is 1.38 bits per heavy atom. The van der Waals surface area contributed by atoms with Crippen molar-refractivity contribution in [2.75, 3.05) is 26.2 Å². The molecule has 2 heterocycles. The molecule has 2 rings (SSSR count). The first-order valence-corrected chi connectivity index (χ1v) is 6.26. The molecule has 3 nitrogen and oxygen atoms in total. The van der Waals surface area contributed by atoms with Gasteiger partial charge in [-0.3, -0.25) is 4.79 Å². The molecule has 0 saturated carbocycles. The third kappa shape index (κ3) is 2.97. The molecular formula is C11H17ClN2OS. The van der Waals surface area contributed by atoms with Gasteiger partial charge in [0.05, 0.1) is 5.56 Å². The molecule has 1 aliphatic rings. The van der Waals surface area contributed by atoms with Gasteiger partial charge in [0, 0.05) is 25.0 Å². The Balaban J connectivity index is 0.00000128. The van der Waals surface area contributed by atoms with Gasteiger partial charge in [0.25, 0.3) is 5.91 Å². The molecule has 1 fully saturated rings. The summed E-state index contributed by atoms with van der Waals surface area (Å²) in [5, 5.41) is 7.29. The van der Waals surface area contributed by atoms with Gasteiger partial charge in [0.2, 0.25) is 0 Å². The van der Waals surface area contributed by atoms with Crippen LogP contribution >= 0.6 is 23.7 Å². The molecule has 1 aromatic rings. The third-order valence-electron chi connectivity index (χ3n) is 2.71. The van der Waals surface area contributed by atoms with Crippen molar-refractivity contribution in [1.82, 2.24) is 10.2 Å². The molecule has 0 spiro atoms. The molecule has 1 aliphatic heterocycles. The Labute approximate surface area is 106 Å². The van der Waals surface area contributed by atoms with Gasteiger partial charge in [0.15, 0.2) is 0 Å². The van der Waals surface area contributed by atoms with E-state index < -0.39 is 0 Å². The molecule has 1 saturated heterocycles. The largest absolute Gasteiger partial charge is 0.337 e. The van der Waals surface area contributed by atoms with Crippen LogP contribution in [0.5, 0.6) is 0 Å². The zero-order valence-electron chi connectivity index (χ0n) is 9.36. The van der Waals surface area contributed by atoms with E-state index in [2.05, 4.69) is 5.32 Å². The topological polar surface area (TPSA) is 32.3 Å². The van der Waals surface area contributed by atoms with E-state index >= 15 is 0 Å². The van der Waals surface area contributed by atoms with Gasteiger partial charge < -0.3 is 10.2 Å². The fourth-order valence-corrected chi connectivity index (χ4v) is 2.62. The predicted molar refractivity (Wildman–Crippen MR) is 69.7 cm³/mol. The number of rotatable bonds is 1. The molecule has 1 N–H and O–H groups in total. The standard InChI is InChI=1S/C11H16N2OS.ClH/c1-9-7-15-8-10(9)11(14)13-5-2-3-12-4-6-13;/h7-8,12H,2-6H2,1H3;1H. The first-order valence-electron chi connectivity index (χ1n) is 5.32. The molecule has 0 radical (unpaired) electrons. The normalized spacial score (nSPS) is 16.4. The van der Waals surface area contributed by atoms with Crippen LogP contribution in [0.1, 0.15) is 22.3 Å². The quantitative estimate of drug-likeness (QED) is 0.837. The van der Waals surface area contributed by atoms with Crippen molar-refractivity contribution in [1.29, 1.82) is 0 Å². The van der Waals surface area contributed by atoms with Crippen LogP contribution in [0.25, 0.3) is 0 Å².